The van der Waals surface area contributed by atoms with E-state index in [9.17, 15) is 12.8 Å². The fraction of sp³-hybridized carbons (Fsp3) is 0.571. The summed E-state index contributed by atoms with van der Waals surface area (Å²) in [6, 6.07) is 4.21. The molecule has 1 saturated carbocycles. The summed E-state index contributed by atoms with van der Waals surface area (Å²) >= 11 is 0. The Morgan fingerprint density at radius 3 is 2.70 bits per heavy atom. The largest absolute Gasteiger partial charge is 0.313 e. The van der Waals surface area contributed by atoms with Gasteiger partial charge in [0.15, 0.2) is 0 Å². The van der Waals surface area contributed by atoms with Gasteiger partial charge < -0.3 is 5.32 Å². The Balaban J connectivity index is 2.12. The molecule has 2 unspecified atom stereocenters. The van der Waals surface area contributed by atoms with Gasteiger partial charge >= 0.3 is 0 Å². The van der Waals surface area contributed by atoms with Crippen LogP contribution in [0, 0.1) is 17.7 Å². The lowest BCUT2D eigenvalue weighted by molar-refractivity contribution is 0.551. The van der Waals surface area contributed by atoms with E-state index in [0.717, 1.165) is 18.5 Å². The number of hydrogen-bond acceptors (Lipinski definition) is 3. The zero-order valence-corrected chi connectivity index (χ0v) is 12.6. The summed E-state index contributed by atoms with van der Waals surface area (Å²) in [4.78, 5) is -0.263. The lowest BCUT2D eigenvalue weighted by atomic mass is 10.2. The standard InChI is InChI=1S/C14H21FN2O2S/c1-3-16-8-11-4-5-13(15)14(7-11)20(18,19)17-9-12-6-10(12)2/h4-5,7,10,12,16-17H,3,6,8-9H2,1-2H3. The van der Waals surface area contributed by atoms with E-state index >= 15 is 0 Å². The third-order valence-corrected chi connectivity index (χ3v) is 5.11. The van der Waals surface area contributed by atoms with Crippen LogP contribution >= 0.6 is 0 Å². The van der Waals surface area contributed by atoms with Crippen molar-refractivity contribution >= 4 is 10.0 Å². The minimum atomic E-state index is -3.77. The van der Waals surface area contributed by atoms with Gasteiger partial charge in [-0.05, 0) is 42.5 Å². The third-order valence-electron chi connectivity index (χ3n) is 3.68. The first-order valence-electron chi connectivity index (χ1n) is 6.93. The van der Waals surface area contributed by atoms with Crippen LogP contribution in [0.5, 0.6) is 0 Å². The predicted octanol–water partition coefficient (Wildman–Crippen LogP) is 1.87. The summed E-state index contributed by atoms with van der Waals surface area (Å²) < 4.78 is 40.6. The van der Waals surface area contributed by atoms with E-state index < -0.39 is 15.8 Å². The highest BCUT2D eigenvalue weighted by Crippen LogP contribution is 2.37. The molecule has 1 aromatic rings. The predicted molar refractivity (Wildman–Crippen MR) is 76.2 cm³/mol. The Labute approximate surface area is 119 Å². The molecule has 1 aromatic carbocycles. The topological polar surface area (TPSA) is 58.2 Å². The fourth-order valence-corrected chi connectivity index (χ4v) is 3.33. The van der Waals surface area contributed by atoms with Crippen molar-refractivity contribution in [3.63, 3.8) is 0 Å². The summed E-state index contributed by atoms with van der Waals surface area (Å²) in [6.45, 7) is 5.73. The van der Waals surface area contributed by atoms with E-state index in [1.54, 1.807) is 6.07 Å². The SMILES string of the molecule is CCNCc1ccc(F)c(S(=O)(=O)NCC2CC2C)c1. The zero-order chi connectivity index (χ0) is 14.8. The van der Waals surface area contributed by atoms with Gasteiger partial charge in [0, 0.05) is 13.1 Å². The number of halogens is 1. The average Bonchev–Trinajstić information content (AvgIpc) is 3.11. The van der Waals surface area contributed by atoms with Crippen molar-refractivity contribution in [3.05, 3.63) is 29.6 Å². The van der Waals surface area contributed by atoms with Gasteiger partial charge in [-0.25, -0.2) is 17.5 Å². The molecule has 1 fully saturated rings. The Bertz CT molecular complexity index is 575. The van der Waals surface area contributed by atoms with Crippen molar-refractivity contribution in [3.8, 4) is 0 Å². The maximum Gasteiger partial charge on any atom is 0.243 e. The summed E-state index contributed by atoms with van der Waals surface area (Å²) in [7, 11) is -3.77. The Morgan fingerprint density at radius 2 is 2.10 bits per heavy atom. The van der Waals surface area contributed by atoms with Gasteiger partial charge in [0.05, 0.1) is 0 Å². The molecular formula is C14H21FN2O2S. The molecule has 0 heterocycles. The highest BCUT2D eigenvalue weighted by Gasteiger charge is 2.33. The van der Waals surface area contributed by atoms with Gasteiger partial charge in [0.2, 0.25) is 10.0 Å². The quantitative estimate of drug-likeness (QED) is 0.808. The highest BCUT2D eigenvalue weighted by molar-refractivity contribution is 7.89. The fourth-order valence-electron chi connectivity index (χ4n) is 2.11. The van der Waals surface area contributed by atoms with Crippen molar-refractivity contribution < 1.29 is 12.8 Å². The normalized spacial score (nSPS) is 21.9. The minimum Gasteiger partial charge on any atom is -0.313 e. The van der Waals surface area contributed by atoms with Gasteiger partial charge in [-0.3, -0.25) is 0 Å². The van der Waals surface area contributed by atoms with E-state index in [1.165, 1.54) is 12.1 Å². The molecule has 112 valence electrons. The molecule has 1 aliphatic rings. The molecule has 2 atom stereocenters. The summed E-state index contributed by atoms with van der Waals surface area (Å²) in [6.07, 6.45) is 1.03. The second-order valence-corrected chi connectivity index (χ2v) is 7.11. The summed E-state index contributed by atoms with van der Waals surface area (Å²) in [5.41, 5.74) is 0.758. The van der Waals surface area contributed by atoms with Crippen molar-refractivity contribution in [1.29, 1.82) is 0 Å². The van der Waals surface area contributed by atoms with E-state index in [2.05, 4.69) is 17.0 Å². The van der Waals surface area contributed by atoms with Crippen molar-refractivity contribution in [2.24, 2.45) is 11.8 Å². The van der Waals surface area contributed by atoms with Gasteiger partial charge in [-0.15, -0.1) is 0 Å². The maximum absolute atomic E-state index is 13.8. The second-order valence-electron chi connectivity index (χ2n) is 5.37. The van der Waals surface area contributed by atoms with E-state index in [4.69, 9.17) is 0 Å². The minimum absolute atomic E-state index is 0.263. The van der Waals surface area contributed by atoms with Crippen LogP contribution < -0.4 is 10.0 Å². The zero-order valence-electron chi connectivity index (χ0n) is 11.8. The molecule has 0 saturated heterocycles. The van der Waals surface area contributed by atoms with Crippen LogP contribution in [0.25, 0.3) is 0 Å². The number of nitrogens with one attached hydrogen (secondary N) is 2. The average molecular weight is 300 g/mol. The van der Waals surface area contributed by atoms with Crippen molar-refractivity contribution in [2.45, 2.75) is 31.7 Å². The summed E-state index contributed by atoms with van der Waals surface area (Å²) in [5.74, 6) is 0.238. The third kappa shape index (κ3) is 3.77. The molecule has 0 aliphatic heterocycles. The van der Waals surface area contributed by atoms with E-state index in [0.29, 0.717) is 24.9 Å². The molecule has 0 amide bonds. The molecule has 2 N–H and O–H groups in total. The molecule has 2 rings (SSSR count). The van der Waals surface area contributed by atoms with E-state index in [1.807, 2.05) is 6.92 Å². The molecule has 20 heavy (non-hydrogen) atoms. The van der Waals surface area contributed by atoms with Gasteiger partial charge in [0.25, 0.3) is 0 Å². The van der Waals surface area contributed by atoms with Crippen LogP contribution in [-0.4, -0.2) is 21.5 Å². The molecule has 1 aliphatic carbocycles. The number of hydrogen-bond donors (Lipinski definition) is 2. The molecule has 0 aromatic heterocycles. The monoisotopic (exact) mass is 300 g/mol. The Hall–Kier alpha value is -0.980. The van der Waals surface area contributed by atoms with E-state index in [-0.39, 0.29) is 4.90 Å². The van der Waals surface area contributed by atoms with Crippen LogP contribution in [0.2, 0.25) is 0 Å². The van der Waals surface area contributed by atoms with Gasteiger partial charge in [0.1, 0.15) is 10.7 Å². The maximum atomic E-state index is 13.8. The first-order valence-corrected chi connectivity index (χ1v) is 8.41. The molecule has 4 nitrogen and oxygen atoms in total. The smallest absolute Gasteiger partial charge is 0.243 e. The molecule has 6 heteroatoms. The second kappa shape index (κ2) is 6.20. The number of sulfonamides is 1. The van der Waals surface area contributed by atoms with Crippen LogP contribution in [0.1, 0.15) is 25.8 Å². The Morgan fingerprint density at radius 1 is 1.40 bits per heavy atom. The lowest BCUT2D eigenvalue weighted by Gasteiger charge is -2.09. The van der Waals surface area contributed by atoms with Crippen molar-refractivity contribution in [1.82, 2.24) is 10.0 Å². The number of rotatable bonds is 7. The summed E-state index contributed by atoms with van der Waals surface area (Å²) in [5, 5.41) is 3.09. The highest BCUT2D eigenvalue weighted by atomic mass is 32.2. The molecule has 0 spiro atoms. The van der Waals surface area contributed by atoms with Gasteiger partial charge in [-0.2, -0.15) is 0 Å². The Kier molecular flexibility index (Phi) is 4.78. The molecule has 0 radical (unpaired) electrons. The molecule has 0 bridgehead atoms. The van der Waals surface area contributed by atoms with Crippen LogP contribution in [0.15, 0.2) is 23.1 Å². The van der Waals surface area contributed by atoms with Crippen molar-refractivity contribution in [2.75, 3.05) is 13.1 Å². The van der Waals surface area contributed by atoms with Crippen LogP contribution in [0.3, 0.4) is 0 Å². The first kappa shape index (κ1) is 15.4. The van der Waals surface area contributed by atoms with Crippen LogP contribution in [0.4, 0.5) is 4.39 Å². The first-order chi connectivity index (χ1) is 9.44. The lowest BCUT2D eigenvalue weighted by Crippen LogP contribution is -2.27. The van der Waals surface area contributed by atoms with Gasteiger partial charge in [-0.1, -0.05) is 19.9 Å². The van der Waals surface area contributed by atoms with Crippen LogP contribution in [-0.2, 0) is 16.6 Å². The number of benzene rings is 1. The molecular weight excluding hydrogens is 279 g/mol.